The van der Waals surface area contributed by atoms with Gasteiger partial charge in [0.2, 0.25) is 0 Å². The molecule has 1 unspecified atom stereocenters. The second-order valence-corrected chi connectivity index (χ2v) is 13.6. The Bertz CT molecular complexity index is 2870. The van der Waals surface area contributed by atoms with Crippen LogP contribution in [0.5, 0.6) is 0 Å². The van der Waals surface area contributed by atoms with Gasteiger partial charge in [0.25, 0.3) is 0 Å². The van der Waals surface area contributed by atoms with Gasteiger partial charge in [-0.15, -0.1) is 0 Å². The summed E-state index contributed by atoms with van der Waals surface area (Å²) in [6.45, 7) is 0. The Balaban J connectivity index is 1.17. The molecule has 3 aliphatic carbocycles. The molecule has 0 amide bonds. The summed E-state index contributed by atoms with van der Waals surface area (Å²) < 4.78 is 6.45. The number of nitrogens with zero attached hydrogens (tertiary/aromatic N) is 1. The third kappa shape index (κ3) is 3.04. The van der Waals surface area contributed by atoms with Gasteiger partial charge in [0.05, 0.1) is 11.1 Å². The number of rotatable bonds is 3. The van der Waals surface area contributed by atoms with Gasteiger partial charge in [0.15, 0.2) is 0 Å². The van der Waals surface area contributed by atoms with E-state index in [1.807, 2.05) is 6.07 Å². The first-order valence-electron chi connectivity index (χ1n) is 17.0. The summed E-state index contributed by atoms with van der Waals surface area (Å²) >= 11 is 0. The summed E-state index contributed by atoms with van der Waals surface area (Å²) in [5.74, 6) is 0. The summed E-state index contributed by atoms with van der Waals surface area (Å²) in [6.07, 6.45) is 0. The fourth-order valence-corrected chi connectivity index (χ4v) is 9.56. The summed E-state index contributed by atoms with van der Waals surface area (Å²) in [5.41, 5.74) is 18.5. The van der Waals surface area contributed by atoms with Crippen LogP contribution < -0.4 is 4.90 Å². The second-order valence-electron chi connectivity index (χ2n) is 13.6. The van der Waals surface area contributed by atoms with Gasteiger partial charge in [0.1, 0.15) is 11.2 Å². The molecule has 1 spiro atoms. The van der Waals surface area contributed by atoms with Crippen LogP contribution in [0.15, 0.2) is 168 Å². The molecule has 0 radical (unpaired) electrons. The van der Waals surface area contributed by atoms with Crippen LogP contribution in [0.2, 0.25) is 0 Å². The Morgan fingerprint density at radius 2 is 0.959 bits per heavy atom. The van der Waals surface area contributed by atoms with Crippen LogP contribution in [0, 0.1) is 0 Å². The van der Waals surface area contributed by atoms with Crippen LogP contribution in [0.1, 0.15) is 22.3 Å². The fourth-order valence-electron chi connectivity index (χ4n) is 9.56. The number of hydrogen-bond donors (Lipinski definition) is 0. The predicted molar refractivity (Wildman–Crippen MR) is 201 cm³/mol. The molecule has 0 saturated heterocycles. The van der Waals surface area contributed by atoms with E-state index in [0.29, 0.717) is 0 Å². The summed E-state index contributed by atoms with van der Waals surface area (Å²) in [4.78, 5) is 2.43. The molecular formula is C47H27NO. The minimum atomic E-state index is -0.340. The zero-order chi connectivity index (χ0) is 31.8. The van der Waals surface area contributed by atoms with Gasteiger partial charge < -0.3 is 9.32 Å². The lowest BCUT2D eigenvalue weighted by Crippen LogP contribution is -2.23. The largest absolute Gasteiger partial charge is 0.456 e. The van der Waals surface area contributed by atoms with E-state index in [0.717, 1.165) is 39.0 Å². The summed E-state index contributed by atoms with van der Waals surface area (Å²) in [5, 5.41) is 4.69. The summed E-state index contributed by atoms with van der Waals surface area (Å²) in [7, 11) is 0. The molecule has 3 aliphatic rings. The van der Waals surface area contributed by atoms with E-state index in [1.165, 1.54) is 66.4 Å². The molecule has 49 heavy (non-hydrogen) atoms. The number of fused-ring (bicyclic) bond motifs is 9. The maximum Gasteiger partial charge on any atom is 0.137 e. The number of benzene rings is 8. The maximum atomic E-state index is 6.45. The minimum absolute atomic E-state index is 0.340. The van der Waals surface area contributed by atoms with Crippen molar-refractivity contribution in [1.82, 2.24) is 0 Å². The third-order valence-corrected chi connectivity index (χ3v) is 11.4. The van der Waals surface area contributed by atoms with E-state index < -0.39 is 0 Å². The van der Waals surface area contributed by atoms with Crippen LogP contribution in [0.25, 0.3) is 66.1 Å². The Morgan fingerprint density at radius 3 is 1.80 bits per heavy atom. The molecule has 12 rings (SSSR count). The van der Waals surface area contributed by atoms with Gasteiger partial charge in [-0.05, 0) is 97.4 Å². The van der Waals surface area contributed by atoms with Crippen molar-refractivity contribution in [1.29, 1.82) is 0 Å². The normalized spacial score (nSPS) is 15.8. The Kier molecular flexibility index (Phi) is 4.69. The van der Waals surface area contributed by atoms with E-state index in [-0.39, 0.29) is 5.41 Å². The Morgan fingerprint density at radius 1 is 0.388 bits per heavy atom. The highest BCUT2D eigenvalue weighted by molar-refractivity contribution is 6.09. The van der Waals surface area contributed by atoms with Crippen LogP contribution >= 0.6 is 0 Å². The van der Waals surface area contributed by atoms with Gasteiger partial charge >= 0.3 is 0 Å². The number of para-hydroxylation sites is 1. The van der Waals surface area contributed by atoms with Crippen LogP contribution in [0.4, 0.5) is 17.1 Å². The molecule has 0 fully saturated rings. The van der Waals surface area contributed by atoms with E-state index in [4.69, 9.17) is 4.42 Å². The SMILES string of the molecule is c1ccc2c(c1)-c1cccc3c1C21c2cc(N(c4ccc5c(c4)oc4ccccc45)c4cccc5ccccc45)ccc2-c2cccc-3c21. The first-order chi connectivity index (χ1) is 24.3. The highest BCUT2D eigenvalue weighted by Crippen LogP contribution is 2.70. The molecule has 226 valence electrons. The topological polar surface area (TPSA) is 16.4 Å². The van der Waals surface area contributed by atoms with Gasteiger partial charge in [-0.1, -0.05) is 121 Å². The lowest BCUT2D eigenvalue weighted by molar-refractivity contribution is 0.669. The van der Waals surface area contributed by atoms with Crippen molar-refractivity contribution < 1.29 is 4.42 Å². The molecule has 9 aromatic rings. The Labute approximate surface area is 283 Å². The highest BCUT2D eigenvalue weighted by atomic mass is 16.3. The molecule has 8 aromatic carbocycles. The number of furan rings is 1. The molecule has 1 atom stereocenters. The van der Waals surface area contributed by atoms with Gasteiger partial charge in [0, 0.05) is 33.6 Å². The zero-order valence-corrected chi connectivity index (χ0v) is 26.4. The molecule has 2 heteroatoms. The average Bonchev–Trinajstić information content (AvgIpc) is 3.87. The minimum Gasteiger partial charge on any atom is -0.456 e. The first-order valence-corrected chi connectivity index (χ1v) is 17.0. The predicted octanol–water partition coefficient (Wildman–Crippen LogP) is 12.5. The lowest BCUT2D eigenvalue weighted by Gasteiger charge is -2.30. The van der Waals surface area contributed by atoms with Crippen LogP contribution in [-0.4, -0.2) is 0 Å². The molecule has 0 saturated carbocycles. The van der Waals surface area contributed by atoms with Crippen LogP contribution in [-0.2, 0) is 5.41 Å². The van der Waals surface area contributed by atoms with Crippen molar-refractivity contribution in [2.45, 2.75) is 5.41 Å². The first kappa shape index (κ1) is 25.7. The van der Waals surface area contributed by atoms with Gasteiger partial charge in [-0.25, -0.2) is 0 Å². The van der Waals surface area contributed by atoms with E-state index in [9.17, 15) is 0 Å². The molecule has 2 nitrogen and oxygen atoms in total. The lowest BCUT2D eigenvalue weighted by atomic mass is 9.73. The van der Waals surface area contributed by atoms with E-state index in [1.54, 1.807) is 0 Å². The molecule has 0 bridgehead atoms. The average molecular weight is 622 g/mol. The second kappa shape index (κ2) is 8.94. The van der Waals surface area contributed by atoms with Crippen molar-refractivity contribution in [3.05, 3.63) is 186 Å². The van der Waals surface area contributed by atoms with Crippen molar-refractivity contribution in [3.63, 3.8) is 0 Å². The van der Waals surface area contributed by atoms with Crippen molar-refractivity contribution in [2.24, 2.45) is 0 Å². The quantitative estimate of drug-likeness (QED) is 0.195. The van der Waals surface area contributed by atoms with Gasteiger partial charge in [-0.3, -0.25) is 0 Å². The number of anilines is 3. The molecule has 1 heterocycles. The molecular weight excluding hydrogens is 595 g/mol. The van der Waals surface area contributed by atoms with E-state index in [2.05, 4.69) is 163 Å². The van der Waals surface area contributed by atoms with Crippen molar-refractivity contribution in [3.8, 4) is 33.4 Å². The summed E-state index contributed by atoms with van der Waals surface area (Å²) in [6, 6.07) is 60.3. The van der Waals surface area contributed by atoms with Crippen molar-refractivity contribution >= 4 is 49.8 Å². The maximum absolute atomic E-state index is 6.45. The van der Waals surface area contributed by atoms with E-state index >= 15 is 0 Å². The zero-order valence-electron chi connectivity index (χ0n) is 26.4. The smallest absolute Gasteiger partial charge is 0.137 e. The fraction of sp³-hybridized carbons (Fsp3) is 0.0213. The van der Waals surface area contributed by atoms with Crippen LogP contribution in [0.3, 0.4) is 0 Å². The highest BCUT2D eigenvalue weighted by Gasteiger charge is 2.57. The standard InChI is InChI=1S/C47H27NO/c1-2-12-31-28(10-1)11-7-20-42(31)48(30-23-25-35-34-14-4-6-21-43(34)49-44(35)27-30)29-22-24-33-37-16-9-18-39-38-17-8-15-36-32-13-3-5-19-40(32)47(45(36)38,46(37)39)41(33)26-29/h1-27H. The molecule has 0 N–H and O–H groups in total. The van der Waals surface area contributed by atoms with Gasteiger partial charge in [-0.2, -0.15) is 0 Å². The molecule has 1 aromatic heterocycles. The molecule has 0 aliphatic heterocycles. The monoisotopic (exact) mass is 621 g/mol. The Hall–Kier alpha value is -6.38. The van der Waals surface area contributed by atoms with Crippen molar-refractivity contribution in [2.75, 3.05) is 4.90 Å². The number of hydrogen-bond acceptors (Lipinski definition) is 2. The third-order valence-electron chi connectivity index (χ3n) is 11.4.